The maximum atomic E-state index is 12.9. The number of carbonyl (C=O) groups is 3. The number of anilines is 1. The molecule has 0 unspecified atom stereocenters. The van der Waals surface area contributed by atoms with Crippen molar-refractivity contribution in [1.82, 2.24) is 26.2 Å². The van der Waals surface area contributed by atoms with Gasteiger partial charge < -0.3 is 11.1 Å². The highest BCUT2D eigenvalue weighted by Crippen LogP contribution is 2.21. The van der Waals surface area contributed by atoms with Gasteiger partial charge in [0.15, 0.2) is 0 Å². The van der Waals surface area contributed by atoms with Gasteiger partial charge in [-0.1, -0.05) is 35.8 Å². The highest BCUT2D eigenvalue weighted by molar-refractivity contribution is 9.10. The van der Waals surface area contributed by atoms with Gasteiger partial charge in [-0.25, -0.2) is 10.4 Å². The molecule has 3 rings (SSSR count). The topological polar surface area (TPSA) is 133 Å². The molecule has 0 spiro atoms. The highest BCUT2D eigenvalue weighted by atomic mass is 79.9. The largest absolute Gasteiger partial charge is 0.343 e. The predicted octanol–water partition coefficient (Wildman–Crippen LogP) is 1.45. The number of hydrogen-bond acceptors (Lipinski definition) is 7. The van der Waals surface area contributed by atoms with E-state index in [9.17, 15) is 14.4 Å². The van der Waals surface area contributed by atoms with Crippen LogP contribution in [0.3, 0.4) is 0 Å². The van der Waals surface area contributed by atoms with Gasteiger partial charge in [0, 0.05) is 23.5 Å². The summed E-state index contributed by atoms with van der Waals surface area (Å²) < 4.78 is 0.920. The molecule has 0 aliphatic carbocycles. The van der Waals surface area contributed by atoms with E-state index in [2.05, 4.69) is 37.1 Å². The third-order valence-electron chi connectivity index (χ3n) is 5.78. The summed E-state index contributed by atoms with van der Waals surface area (Å²) >= 11 is 3.45. The minimum Gasteiger partial charge on any atom is -0.343 e. The molecule has 0 radical (unpaired) electrons. The molecule has 1 fully saturated rings. The van der Waals surface area contributed by atoms with E-state index < -0.39 is 18.1 Å². The molecule has 2 heterocycles. The van der Waals surface area contributed by atoms with Crippen molar-refractivity contribution in [1.29, 1.82) is 0 Å². The first-order valence-electron chi connectivity index (χ1n) is 11.3. The average molecular weight is 534 g/mol. The van der Waals surface area contributed by atoms with Crippen molar-refractivity contribution in [2.45, 2.75) is 51.7 Å². The van der Waals surface area contributed by atoms with Gasteiger partial charge in [-0.3, -0.25) is 29.8 Å². The summed E-state index contributed by atoms with van der Waals surface area (Å²) in [5.74, 6) is -0.440. The van der Waals surface area contributed by atoms with Gasteiger partial charge in [-0.15, -0.1) is 0 Å². The first-order valence-corrected chi connectivity index (χ1v) is 12.1. The van der Waals surface area contributed by atoms with Gasteiger partial charge in [0.2, 0.25) is 5.91 Å². The second-order valence-corrected chi connectivity index (χ2v) is 9.77. The molecular formula is C23H32BrN7O3. The number of amides is 3. The lowest BCUT2D eigenvalue weighted by atomic mass is 10.0. The van der Waals surface area contributed by atoms with Gasteiger partial charge in [0.05, 0.1) is 11.6 Å². The first kappa shape index (κ1) is 25.9. The molecule has 1 aliphatic rings. The van der Waals surface area contributed by atoms with Crippen molar-refractivity contribution >= 4 is 50.4 Å². The molecule has 3 amide bonds. The van der Waals surface area contributed by atoms with Crippen molar-refractivity contribution < 1.29 is 14.4 Å². The second-order valence-electron chi connectivity index (χ2n) is 8.86. The van der Waals surface area contributed by atoms with Gasteiger partial charge >= 0.3 is 0 Å². The van der Waals surface area contributed by atoms with E-state index in [1.807, 2.05) is 44.2 Å². The number of halogens is 1. The maximum absolute atomic E-state index is 12.9. The monoisotopic (exact) mass is 533 g/mol. The number of aromatic nitrogens is 1. The van der Waals surface area contributed by atoms with Crippen molar-refractivity contribution in [3.63, 3.8) is 0 Å². The normalized spacial score (nSPS) is 17.9. The summed E-state index contributed by atoms with van der Waals surface area (Å²) in [4.78, 5) is 42.6. The number of pyridine rings is 1. The van der Waals surface area contributed by atoms with Crippen LogP contribution in [0, 0.1) is 5.92 Å². The van der Waals surface area contributed by atoms with Crippen LogP contribution in [0.1, 0.15) is 33.6 Å². The first-order chi connectivity index (χ1) is 16.1. The van der Waals surface area contributed by atoms with Crippen LogP contribution >= 0.6 is 15.9 Å². The lowest BCUT2D eigenvalue weighted by Crippen LogP contribution is -2.62. The number of hydrogen-bond donors (Lipinski definition) is 4. The Morgan fingerprint density at radius 3 is 2.65 bits per heavy atom. The Morgan fingerprint density at radius 1 is 1.24 bits per heavy atom. The Bertz CT molecular complexity index is 1060. The lowest BCUT2D eigenvalue weighted by molar-refractivity contribution is -0.143. The Morgan fingerprint density at radius 2 is 1.94 bits per heavy atom. The van der Waals surface area contributed by atoms with Gasteiger partial charge in [0.1, 0.15) is 17.9 Å². The van der Waals surface area contributed by atoms with Crippen molar-refractivity contribution in [3.8, 4) is 0 Å². The SMILES string of the molecule is CC(C)[C@H](N)C(=O)N[C@@H](C)C(=O)N1CCC[C@@H](C(=O)NN(C)c2ccc3ccc(Br)cc3n2)N1. The quantitative estimate of drug-likeness (QED) is 0.396. The molecule has 2 aromatic rings. The Balaban J connectivity index is 1.59. The average Bonchev–Trinajstić information content (AvgIpc) is 2.82. The number of nitrogens with one attached hydrogen (secondary N) is 3. The Kier molecular flexibility index (Phi) is 8.45. The van der Waals surface area contributed by atoms with Crippen LogP contribution in [0.15, 0.2) is 34.8 Å². The number of nitrogens with two attached hydrogens (primary N) is 1. The van der Waals surface area contributed by atoms with E-state index in [0.29, 0.717) is 25.2 Å². The Labute approximate surface area is 207 Å². The molecule has 1 aliphatic heterocycles. The molecule has 11 heteroatoms. The smallest absolute Gasteiger partial charge is 0.258 e. The van der Waals surface area contributed by atoms with Crippen LogP contribution < -0.4 is 26.9 Å². The van der Waals surface area contributed by atoms with Crippen LogP contribution in [-0.2, 0) is 14.4 Å². The fourth-order valence-corrected chi connectivity index (χ4v) is 3.96. The van der Waals surface area contributed by atoms with Crippen LogP contribution in [-0.4, -0.2) is 59.4 Å². The molecule has 1 aromatic heterocycles. The third-order valence-corrected chi connectivity index (χ3v) is 6.27. The van der Waals surface area contributed by atoms with Crippen molar-refractivity contribution in [2.24, 2.45) is 11.7 Å². The number of fused-ring (bicyclic) bond motifs is 1. The van der Waals surface area contributed by atoms with E-state index in [1.54, 1.807) is 19.0 Å². The molecule has 5 N–H and O–H groups in total. The third kappa shape index (κ3) is 6.22. The van der Waals surface area contributed by atoms with E-state index in [4.69, 9.17) is 5.73 Å². The molecule has 0 saturated carbocycles. The second kappa shape index (κ2) is 11.1. The van der Waals surface area contributed by atoms with E-state index in [0.717, 1.165) is 15.4 Å². The molecule has 10 nitrogen and oxygen atoms in total. The van der Waals surface area contributed by atoms with Gasteiger partial charge in [-0.05, 0) is 49.9 Å². The minimum absolute atomic E-state index is 0.0425. The van der Waals surface area contributed by atoms with Gasteiger partial charge in [0.25, 0.3) is 11.8 Å². The minimum atomic E-state index is -0.768. The van der Waals surface area contributed by atoms with E-state index in [1.165, 1.54) is 5.01 Å². The molecule has 3 atom stereocenters. The van der Waals surface area contributed by atoms with E-state index in [-0.39, 0.29) is 23.6 Å². The van der Waals surface area contributed by atoms with Crippen LogP contribution in [0.4, 0.5) is 5.82 Å². The standard InChI is InChI=1S/C23H32BrN7O3/c1-13(2)20(25)22(33)26-14(3)23(34)31-11-5-6-17(28-31)21(32)29-30(4)19-10-8-15-7-9-16(24)12-18(15)27-19/h7-10,12-14,17,20,28H,5-6,11,25H2,1-4H3,(H,26,33)(H,29,32)/t14-,17-,20-/m0/s1. The fraction of sp³-hybridized carbons (Fsp3) is 0.478. The summed E-state index contributed by atoms with van der Waals surface area (Å²) in [5.41, 5.74) is 12.5. The van der Waals surface area contributed by atoms with E-state index >= 15 is 0 Å². The molecule has 184 valence electrons. The van der Waals surface area contributed by atoms with Crippen molar-refractivity contribution in [3.05, 3.63) is 34.8 Å². The van der Waals surface area contributed by atoms with Crippen LogP contribution in [0.5, 0.6) is 0 Å². The summed E-state index contributed by atoms with van der Waals surface area (Å²) in [6.07, 6.45) is 1.22. The summed E-state index contributed by atoms with van der Waals surface area (Å²) in [5, 5.41) is 6.60. The molecule has 1 saturated heterocycles. The number of nitrogens with zero attached hydrogens (tertiary/aromatic N) is 3. The number of benzene rings is 1. The number of carbonyl (C=O) groups excluding carboxylic acids is 3. The predicted molar refractivity (Wildman–Crippen MR) is 134 cm³/mol. The Hall–Kier alpha value is -2.76. The highest BCUT2D eigenvalue weighted by Gasteiger charge is 2.32. The molecular weight excluding hydrogens is 502 g/mol. The van der Waals surface area contributed by atoms with Gasteiger partial charge in [-0.2, -0.15) is 0 Å². The maximum Gasteiger partial charge on any atom is 0.258 e. The number of hydrazine groups is 2. The zero-order valence-corrected chi connectivity index (χ0v) is 21.4. The lowest BCUT2D eigenvalue weighted by Gasteiger charge is -2.35. The molecule has 0 bridgehead atoms. The molecule has 34 heavy (non-hydrogen) atoms. The van der Waals surface area contributed by atoms with Crippen LogP contribution in [0.25, 0.3) is 10.9 Å². The van der Waals surface area contributed by atoms with Crippen molar-refractivity contribution in [2.75, 3.05) is 18.6 Å². The summed E-state index contributed by atoms with van der Waals surface area (Å²) in [6, 6.07) is 7.53. The summed E-state index contributed by atoms with van der Waals surface area (Å²) in [7, 11) is 1.71. The zero-order chi connectivity index (χ0) is 25.0. The summed E-state index contributed by atoms with van der Waals surface area (Å²) in [6.45, 7) is 5.73. The fourth-order valence-electron chi connectivity index (χ4n) is 3.61. The zero-order valence-electron chi connectivity index (χ0n) is 19.8. The van der Waals surface area contributed by atoms with Crippen LogP contribution in [0.2, 0.25) is 0 Å². The number of rotatable bonds is 7. The molecule has 1 aromatic carbocycles.